The second-order valence-electron chi connectivity index (χ2n) is 4.47. The molecule has 1 aliphatic carbocycles. The van der Waals surface area contributed by atoms with Crippen LogP contribution >= 0.6 is 0 Å². The number of amides is 1. The first-order chi connectivity index (χ1) is 7.45. The molecule has 1 unspecified atom stereocenters. The van der Waals surface area contributed by atoms with E-state index >= 15 is 0 Å². The molecule has 1 amide bonds. The Labute approximate surface area is 92.8 Å². The van der Waals surface area contributed by atoms with Crippen molar-refractivity contribution in [2.75, 3.05) is 6.54 Å². The molecule has 5 heteroatoms. The Hall–Kier alpha value is -1.00. The number of hydrogen-bond donors (Lipinski definition) is 0. The van der Waals surface area contributed by atoms with Crippen LogP contribution in [0, 0.1) is 11.8 Å². The number of halogens is 2. The van der Waals surface area contributed by atoms with Gasteiger partial charge in [0.2, 0.25) is 5.91 Å². The van der Waals surface area contributed by atoms with Gasteiger partial charge in [0.25, 0.3) is 5.92 Å². The number of Topliss-reactive ketones (excluding diaryl/α,β-unsaturated/α-hetero) is 1. The van der Waals surface area contributed by atoms with E-state index in [-0.39, 0.29) is 31.1 Å². The van der Waals surface area contributed by atoms with Crippen LogP contribution in [-0.2, 0) is 9.59 Å². The molecule has 2 fully saturated rings. The molecule has 0 N–H and O–H groups in total. The van der Waals surface area contributed by atoms with Gasteiger partial charge in [0.15, 0.2) is 5.78 Å². The number of likely N-dealkylation sites (tertiary alicyclic amines) is 1. The standard InChI is InChI=1S/C11H15F2NO2/c1-3-7(15)10-9-6(11(9,12)13)5-14(10)8(16)4-2/h6,9-10H,3-5H2,1-2H3/t6-,9-,10?/m0/s1. The van der Waals surface area contributed by atoms with Crippen molar-refractivity contribution in [1.29, 1.82) is 0 Å². The molecule has 0 spiro atoms. The lowest BCUT2D eigenvalue weighted by atomic mass is 10.0. The van der Waals surface area contributed by atoms with Crippen molar-refractivity contribution in [2.45, 2.75) is 38.7 Å². The summed E-state index contributed by atoms with van der Waals surface area (Å²) in [5.74, 6) is -4.89. The van der Waals surface area contributed by atoms with Crippen molar-refractivity contribution < 1.29 is 18.4 Å². The van der Waals surface area contributed by atoms with Gasteiger partial charge in [-0.05, 0) is 0 Å². The zero-order chi connectivity index (χ0) is 12.1. The van der Waals surface area contributed by atoms with Crippen molar-refractivity contribution in [1.82, 2.24) is 4.90 Å². The number of hydrogen-bond acceptors (Lipinski definition) is 2. The fraction of sp³-hybridized carbons (Fsp3) is 0.818. The summed E-state index contributed by atoms with van der Waals surface area (Å²) in [5, 5.41) is 0. The zero-order valence-electron chi connectivity index (χ0n) is 9.37. The summed E-state index contributed by atoms with van der Waals surface area (Å²) in [6.07, 6.45) is 0.468. The van der Waals surface area contributed by atoms with Crippen LogP contribution < -0.4 is 0 Å². The Kier molecular flexibility index (Phi) is 2.51. The summed E-state index contributed by atoms with van der Waals surface area (Å²) < 4.78 is 26.5. The smallest absolute Gasteiger partial charge is 0.258 e. The van der Waals surface area contributed by atoms with Crippen molar-refractivity contribution in [3.63, 3.8) is 0 Å². The van der Waals surface area contributed by atoms with Crippen LogP contribution in [0.2, 0.25) is 0 Å². The Morgan fingerprint density at radius 1 is 1.31 bits per heavy atom. The molecule has 0 radical (unpaired) electrons. The summed E-state index contributed by atoms with van der Waals surface area (Å²) in [5.41, 5.74) is 0. The summed E-state index contributed by atoms with van der Waals surface area (Å²) in [6, 6.07) is -0.877. The van der Waals surface area contributed by atoms with Crippen LogP contribution in [0.1, 0.15) is 26.7 Å². The number of rotatable bonds is 3. The average molecular weight is 231 g/mol. The third-order valence-corrected chi connectivity index (χ3v) is 3.63. The number of piperidine rings is 1. The predicted octanol–water partition coefficient (Wildman–Crippen LogP) is 1.47. The van der Waals surface area contributed by atoms with Crippen LogP contribution in [0.25, 0.3) is 0 Å². The molecule has 1 saturated heterocycles. The molecular weight excluding hydrogens is 216 g/mol. The second-order valence-corrected chi connectivity index (χ2v) is 4.47. The third kappa shape index (κ3) is 1.37. The second kappa shape index (κ2) is 3.50. The summed E-state index contributed by atoms with van der Waals surface area (Å²) in [4.78, 5) is 24.5. The van der Waals surface area contributed by atoms with Crippen LogP contribution in [-0.4, -0.2) is 35.1 Å². The van der Waals surface area contributed by atoms with E-state index in [2.05, 4.69) is 0 Å². The van der Waals surface area contributed by atoms with Gasteiger partial charge in [-0.15, -0.1) is 0 Å². The van der Waals surface area contributed by atoms with Gasteiger partial charge in [0, 0.05) is 19.4 Å². The molecular formula is C11H15F2NO2. The first-order valence-corrected chi connectivity index (χ1v) is 5.65. The van der Waals surface area contributed by atoms with Gasteiger partial charge >= 0.3 is 0 Å². The maximum atomic E-state index is 13.2. The van der Waals surface area contributed by atoms with Gasteiger partial charge in [0.05, 0.1) is 17.9 Å². The highest BCUT2D eigenvalue weighted by Gasteiger charge is 2.77. The fourth-order valence-electron chi connectivity index (χ4n) is 2.64. The van der Waals surface area contributed by atoms with Gasteiger partial charge in [-0.2, -0.15) is 0 Å². The summed E-state index contributed by atoms with van der Waals surface area (Å²) in [6.45, 7) is 3.36. The highest BCUT2D eigenvalue weighted by atomic mass is 19.3. The minimum absolute atomic E-state index is 0.0424. The van der Waals surface area contributed by atoms with Gasteiger partial charge in [-0.3, -0.25) is 9.59 Å². The minimum atomic E-state index is -2.74. The van der Waals surface area contributed by atoms with E-state index in [1.807, 2.05) is 0 Å². The van der Waals surface area contributed by atoms with Crippen molar-refractivity contribution in [3.8, 4) is 0 Å². The first kappa shape index (κ1) is 11.5. The topological polar surface area (TPSA) is 37.4 Å². The third-order valence-electron chi connectivity index (χ3n) is 3.63. The van der Waals surface area contributed by atoms with E-state index in [1.54, 1.807) is 13.8 Å². The lowest BCUT2D eigenvalue weighted by molar-refractivity contribution is -0.140. The Morgan fingerprint density at radius 3 is 2.44 bits per heavy atom. The number of carbonyl (C=O) groups is 2. The van der Waals surface area contributed by atoms with Crippen LogP contribution in [0.3, 0.4) is 0 Å². The number of alkyl halides is 2. The van der Waals surface area contributed by atoms with Crippen molar-refractivity contribution >= 4 is 11.7 Å². The molecule has 90 valence electrons. The summed E-state index contributed by atoms with van der Waals surface area (Å²) >= 11 is 0. The molecule has 0 aromatic carbocycles. The quantitative estimate of drug-likeness (QED) is 0.737. The maximum Gasteiger partial charge on any atom is 0.258 e. The number of ketones is 1. The van der Waals surface area contributed by atoms with Gasteiger partial charge in [-0.25, -0.2) is 8.78 Å². The lowest BCUT2D eigenvalue weighted by Gasteiger charge is -2.27. The van der Waals surface area contributed by atoms with Gasteiger partial charge in [0.1, 0.15) is 0 Å². The van der Waals surface area contributed by atoms with Gasteiger partial charge in [-0.1, -0.05) is 13.8 Å². The van der Waals surface area contributed by atoms with E-state index in [4.69, 9.17) is 0 Å². The summed E-state index contributed by atoms with van der Waals surface area (Å²) in [7, 11) is 0. The highest BCUT2D eigenvalue weighted by Crippen LogP contribution is 2.62. The SMILES string of the molecule is CCC(=O)C1[C@@H]2[C@H](CN1C(=O)CC)C2(F)F. The Morgan fingerprint density at radius 2 is 1.94 bits per heavy atom. The molecule has 3 atom stereocenters. The van der Waals surface area contributed by atoms with Crippen LogP contribution in [0.4, 0.5) is 8.78 Å². The average Bonchev–Trinajstić information content (AvgIpc) is 2.68. The molecule has 16 heavy (non-hydrogen) atoms. The molecule has 3 nitrogen and oxygen atoms in total. The first-order valence-electron chi connectivity index (χ1n) is 5.65. The molecule has 0 aromatic rings. The van der Waals surface area contributed by atoms with Gasteiger partial charge < -0.3 is 4.90 Å². The molecule has 1 saturated carbocycles. The molecule has 2 rings (SSSR count). The van der Waals surface area contributed by atoms with Crippen LogP contribution in [0.15, 0.2) is 0 Å². The van der Waals surface area contributed by atoms with E-state index < -0.39 is 23.8 Å². The number of fused-ring (bicyclic) bond motifs is 1. The van der Waals surface area contributed by atoms with Crippen molar-refractivity contribution in [3.05, 3.63) is 0 Å². The van der Waals surface area contributed by atoms with E-state index in [0.717, 1.165) is 0 Å². The Bertz CT molecular complexity index is 343. The Balaban J connectivity index is 2.20. The zero-order valence-corrected chi connectivity index (χ0v) is 9.37. The van der Waals surface area contributed by atoms with Crippen molar-refractivity contribution in [2.24, 2.45) is 11.8 Å². The molecule has 1 aliphatic heterocycles. The minimum Gasteiger partial charge on any atom is -0.332 e. The highest BCUT2D eigenvalue weighted by molar-refractivity contribution is 5.90. The number of nitrogens with zero attached hydrogens (tertiary/aromatic N) is 1. The predicted molar refractivity (Wildman–Crippen MR) is 53.0 cm³/mol. The molecule has 0 bridgehead atoms. The fourth-order valence-corrected chi connectivity index (χ4v) is 2.64. The van der Waals surface area contributed by atoms with E-state index in [9.17, 15) is 18.4 Å². The number of carbonyl (C=O) groups excluding carboxylic acids is 2. The monoisotopic (exact) mass is 231 g/mol. The van der Waals surface area contributed by atoms with E-state index in [1.165, 1.54) is 4.90 Å². The normalized spacial score (nSPS) is 34.8. The molecule has 2 aliphatic rings. The lowest BCUT2D eigenvalue weighted by Crippen LogP contribution is -2.45. The maximum absolute atomic E-state index is 13.2. The molecule has 1 heterocycles. The molecule has 0 aromatic heterocycles. The van der Waals surface area contributed by atoms with E-state index in [0.29, 0.717) is 0 Å². The largest absolute Gasteiger partial charge is 0.332 e. The van der Waals surface area contributed by atoms with Crippen LogP contribution in [0.5, 0.6) is 0 Å².